The standard InChI is InChI=1S/C15H16N4/c1-13-9-14(11-18-6-2-3-7-18)17-15(10-13)12-19-8-4-5-16-19/h2-10H,11-12H2,1H3. The molecule has 0 N–H and O–H groups in total. The lowest BCUT2D eigenvalue weighted by Crippen LogP contribution is -2.06. The topological polar surface area (TPSA) is 35.6 Å². The van der Waals surface area contributed by atoms with Gasteiger partial charge in [-0.05, 0) is 42.8 Å². The Hall–Kier alpha value is -2.36. The van der Waals surface area contributed by atoms with Gasteiger partial charge >= 0.3 is 0 Å². The lowest BCUT2D eigenvalue weighted by molar-refractivity contribution is 0.664. The highest BCUT2D eigenvalue weighted by molar-refractivity contribution is 5.21. The summed E-state index contributed by atoms with van der Waals surface area (Å²) < 4.78 is 4.01. The predicted octanol–water partition coefficient (Wildman–Crippen LogP) is 2.48. The van der Waals surface area contributed by atoms with Crippen LogP contribution in [0.2, 0.25) is 0 Å². The van der Waals surface area contributed by atoms with Crippen LogP contribution in [-0.4, -0.2) is 19.3 Å². The molecule has 0 bridgehead atoms. The molecule has 0 radical (unpaired) electrons. The Bertz CT molecular complexity index is 584. The van der Waals surface area contributed by atoms with Crippen molar-refractivity contribution in [1.82, 2.24) is 19.3 Å². The predicted molar refractivity (Wildman–Crippen MR) is 73.8 cm³/mol. The molecule has 0 aliphatic heterocycles. The first-order valence-electron chi connectivity index (χ1n) is 6.34. The molecule has 96 valence electrons. The summed E-state index contributed by atoms with van der Waals surface area (Å²) >= 11 is 0. The van der Waals surface area contributed by atoms with Crippen LogP contribution in [0.25, 0.3) is 0 Å². The van der Waals surface area contributed by atoms with Crippen molar-refractivity contribution in [3.8, 4) is 0 Å². The first-order valence-corrected chi connectivity index (χ1v) is 6.34. The summed E-state index contributed by atoms with van der Waals surface area (Å²) in [6, 6.07) is 10.2. The van der Waals surface area contributed by atoms with Crippen LogP contribution in [0.1, 0.15) is 17.0 Å². The van der Waals surface area contributed by atoms with Crippen LogP contribution in [0.3, 0.4) is 0 Å². The van der Waals surface area contributed by atoms with E-state index in [0.717, 1.165) is 17.9 Å². The van der Waals surface area contributed by atoms with Crippen LogP contribution in [0.15, 0.2) is 55.1 Å². The van der Waals surface area contributed by atoms with E-state index in [0.29, 0.717) is 6.54 Å². The molecule has 19 heavy (non-hydrogen) atoms. The van der Waals surface area contributed by atoms with E-state index in [1.165, 1.54) is 5.56 Å². The van der Waals surface area contributed by atoms with E-state index >= 15 is 0 Å². The van der Waals surface area contributed by atoms with E-state index < -0.39 is 0 Å². The van der Waals surface area contributed by atoms with Gasteiger partial charge in [0, 0.05) is 24.8 Å². The summed E-state index contributed by atoms with van der Waals surface area (Å²) in [4.78, 5) is 4.70. The Labute approximate surface area is 112 Å². The van der Waals surface area contributed by atoms with Gasteiger partial charge in [0.1, 0.15) is 0 Å². The van der Waals surface area contributed by atoms with Crippen LogP contribution >= 0.6 is 0 Å². The second kappa shape index (κ2) is 5.10. The summed E-state index contributed by atoms with van der Waals surface area (Å²) in [5.74, 6) is 0. The van der Waals surface area contributed by atoms with Crippen LogP contribution < -0.4 is 0 Å². The molecule has 0 aromatic carbocycles. The molecule has 4 heteroatoms. The maximum Gasteiger partial charge on any atom is 0.0831 e. The van der Waals surface area contributed by atoms with Gasteiger partial charge in [0.25, 0.3) is 0 Å². The number of hydrogen-bond donors (Lipinski definition) is 0. The third-order valence-electron chi connectivity index (χ3n) is 2.97. The molecule has 3 heterocycles. The van der Waals surface area contributed by atoms with E-state index in [1.54, 1.807) is 6.20 Å². The Kier molecular flexibility index (Phi) is 3.14. The van der Waals surface area contributed by atoms with Gasteiger partial charge in [0.15, 0.2) is 0 Å². The van der Waals surface area contributed by atoms with Gasteiger partial charge in [-0.1, -0.05) is 0 Å². The minimum Gasteiger partial charge on any atom is -0.348 e. The lowest BCUT2D eigenvalue weighted by Gasteiger charge is -2.08. The zero-order chi connectivity index (χ0) is 13.1. The molecular weight excluding hydrogens is 236 g/mol. The van der Waals surface area contributed by atoms with E-state index in [1.807, 2.05) is 29.1 Å². The fourth-order valence-corrected chi connectivity index (χ4v) is 2.20. The van der Waals surface area contributed by atoms with Crippen LogP contribution in [0, 0.1) is 6.92 Å². The average Bonchev–Trinajstić information content (AvgIpc) is 3.01. The number of rotatable bonds is 4. The van der Waals surface area contributed by atoms with E-state index in [9.17, 15) is 0 Å². The first kappa shape index (κ1) is 11.7. The number of hydrogen-bond acceptors (Lipinski definition) is 2. The molecule has 0 aliphatic carbocycles. The van der Waals surface area contributed by atoms with Crippen molar-refractivity contribution in [3.05, 3.63) is 72.1 Å². The zero-order valence-electron chi connectivity index (χ0n) is 10.9. The maximum absolute atomic E-state index is 4.70. The molecule has 0 aliphatic rings. The first-order chi connectivity index (χ1) is 9.29. The maximum atomic E-state index is 4.70. The van der Waals surface area contributed by atoms with Crippen molar-refractivity contribution in [2.24, 2.45) is 0 Å². The fourth-order valence-electron chi connectivity index (χ4n) is 2.20. The highest BCUT2D eigenvalue weighted by Gasteiger charge is 2.02. The van der Waals surface area contributed by atoms with Crippen molar-refractivity contribution < 1.29 is 0 Å². The molecule has 3 rings (SSSR count). The largest absolute Gasteiger partial charge is 0.348 e. The molecule has 0 saturated heterocycles. The quantitative estimate of drug-likeness (QED) is 0.715. The SMILES string of the molecule is Cc1cc(Cn2cccc2)nc(Cn2cccn2)c1. The molecule has 0 amide bonds. The van der Waals surface area contributed by atoms with E-state index in [4.69, 9.17) is 4.98 Å². The van der Waals surface area contributed by atoms with Gasteiger partial charge in [-0.2, -0.15) is 5.10 Å². The van der Waals surface area contributed by atoms with Gasteiger partial charge in [0.05, 0.1) is 24.5 Å². The molecule has 0 atom stereocenters. The molecule has 3 aromatic heterocycles. The van der Waals surface area contributed by atoms with E-state index in [-0.39, 0.29) is 0 Å². The van der Waals surface area contributed by atoms with Crippen LogP contribution in [0.5, 0.6) is 0 Å². The average molecular weight is 252 g/mol. The minimum atomic E-state index is 0.716. The number of aryl methyl sites for hydroxylation is 1. The van der Waals surface area contributed by atoms with Crippen molar-refractivity contribution >= 4 is 0 Å². The summed E-state index contributed by atoms with van der Waals surface area (Å²) in [5, 5.41) is 4.22. The van der Waals surface area contributed by atoms with Crippen molar-refractivity contribution in [1.29, 1.82) is 0 Å². The van der Waals surface area contributed by atoms with Gasteiger partial charge in [-0.15, -0.1) is 0 Å². The van der Waals surface area contributed by atoms with Crippen LogP contribution in [0.4, 0.5) is 0 Å². The number of pyridine rings is 1. The van der Waals surface area contributed by atoms with Crippen molar-refractivity contribution in [2.45, 2.75) is 20.0 Å². The minimum absolute atomic E-state index is 0.716. The molecule has 0 spiro atoms. The van der Waals surface area contributed by atoms with E-state index in [2.05, 4.69) is 41.1 Å². The normalized spacial score (nSPS) is 10.8. The van der Waals surface area contributed by atoms with Crippen LogP contribution in [-0.2, 0) is 13.1 Å². The van der Waals surface area contributed by atoms with Crippen molar-refractivity contribution in [2.75, 3.05) is 0 Å². The molecule has 0 fully saturated rings. The highest BCUT2D eigenvalue weighted by atomic mass is 15.3. The molecule has 3 aromatic rings. The summed E-state index contributed by atoms with van der Waals surface area (Å²) in [6.07, 6.45) is 7.85. The lowest BCUT2D eigenvalue weighted by atomic mass is 10.2. The van der Waals surface area contributed by atoms with Crippen molar-refractivity contribution in [3.63, 3.8) is 0 Å². The third-order valence-corrected chi connectivity index (χ3v) is 2.97. The van der Waals surface area contributed by atoms with Gasteiger partial charge in [-0.3, -0.25) is 9.67 Å². The zero-order valence-corrected chi connectivity index (χ0v) is 10.9. The molecule has 0 saturated carbocycles. The second-order valence-electron chi connectivity index (χ2n) is 4.69. The Morgan fingerprint density at radius 1 is 0.947 bits per heavy atom. The Morgan fingerprint density at radius 2 is 1.68 bits per heavy atom. The smallest absolute Gasteiger partial charge is 0.0831 e. The molecule has 0 unspecified atom stereocenters. The second-order valence-corrected chi connectivity index (χ2v) is 4.69. The highest BCUT2D eigenvalue weighted by Crippen LogP contribution is 2.08. The number of aromatic nitrogens is 4. The Morgan fingerprint density at radius 3 is 2.37 bits per heavy atom. The monoisotopic (exact) mass is 252 g/mol. The summed E-state index contributed by atoms with van der Waals surface area (Å²) in [5.41, 5.74) is 3.36. The molecule has 4 nitrogen and oxygen atoms in total. The van der Waals surface area contributed by atoms with Gasteiger partial charge < -0.3 is 4.57 Å². The fraction of sp³-hybridized carbons (Fsp3) is 0.200. The number of nitrogens with zero attached hydrogens (tertiary/aromatic N) is 4. The summed E-state index contributed by atoms with van der Waals surface area (Å²) in [6.45, 7) is 3.63. The van der Waals surface area contributed by atoms with Gasteiger partial charge in [-0.25, -0.2) is 0 Å². The summed E-state index contributed by atoms with van der Waals surface area (Å²) in [7, 11) is 0. The molecular formula is C15H16N4. The van der Waals surface area contributed by atoms with Gasteiger partial charge in [0.2, 0.25) is 0 Å². The third kappa shape index (κ3) is 2.91. The Balaban J connectivity index is 1.83.